The molecule has 0 aromatic heterocycles. The quantitative estimate of drug-likeness (QED) is 0.871. The largest absolute Gasteiger partial charge is 0.492 e. The minimum Gasteiger partial charge on any atom is -0.492 e. The topological polar surface area (TPSA) is 75.7 Å². The summed E-state index contributed by atoms with van der Waals surface area (Å²) < 4.78 is 30.6. The fourth-order valence-corrected chi connectivity index (χ4v) is 4.06. The van der Waals surface area contributed by atoms with Crippen LogP contribution in [0.15, 0.2) is 24.3 Å². The van der Waals surface area contributed by atoms with Crippen LogP contribution in [0.5, 0.6) is 5.75 Å². The molecule has 1 aromatic rings. The first kappa shape index (κ1) is 17.2. The van der Waals surface area contributed by atoms with Gasteiger partial charge in [0.15, 0.2) is 0 Å². The zero-order valence-corrected chi connectivity index (χ0v) is 14.7. The number of ether oxygens (including phenoxy) is 1. The summed E-state index contributed by atoms with van der Waals surface area (Å²) in [4.78, 5) is 15.0. The number of sulfonamides is 1. The van der Waals surface area contributed by atoms with Crippen LogP contribution in [-0.4, -0.2) is 51.2 Å². The fourth-order valence-electron chi connectivity index (χ4n) is 3.57. The molecule has 1 fully saturated rings. The highest BCUT2D eigenvalue weighted by atomic mass is 32.2. The maximum absolute atomic E-state index is 13.0. The number of amides is 1. The fraction of sp³-hybridized carbons (Fsp3) is 0.588. The maximum atomic E-state index is 13.0. The van der Waals surface area contributed by atoms with Crippen LogP contribution in [-0.2, 0) is 14.8 Å². The minimum atomic E-state index is -3.19. The van der Waals surface area contributed by atoms with Crippen LogP contribution in [0.1, 0.15) is 37.2 Å². The lowest BCUT2D eigenvalue weighted by Crippen LogP contribution is -2.47. The van der Waals surface area contributed by atoms with Gasteiger partial charge >= 0.3 is 0 Å². The van der Waals surface area contributed by atoms with E-state index in [1.54, 1.807) is 0 Å². The number of rotatable bonds is 5. The third kappa shape index (κ3) is 3.89. The van der Waals surface area contributed by atoms with Gasteiger partial charge in [0.1, 0.15) is 18.3 Å². The van der Waals surface area contributed by atoms with E-state index < -0.39 is 10.0 Å². The first-order chi connectivity index (χ1) is 11.5. The van der Waals surface area contributed by atoms with Crippen molar-refractivity contribution >= 4 is 15.9 Å². The molecule has 2 heterocycles. The van der Waals surface area contributed by atoms with Gasteiger partial charge in [0.25, 0.3) is 0 Å². The third-order valence-electron chi connectivity index (χ3n) is 4.75. The molecule has 2 aliphatic heterocycles. The molecule has 1 aromatic carbocycles. The number of nitrogens with one attached hydrogen (secondary N) is 1. The van der Waals surface area contributed by atoms with Gasteiger partial charge in [-0.2, -0.15) is 0 Å². The van der Waals surface area contributed by atoms with Crippen LogP contribution in [0.3, 0.4) is 0 Å². The number of benzene rings is 1. The summed E-state index contributed by atoms with van der Waals surface area (Å²) in [5, 5.41) is 0. The van der Waals surface area contributed by atoms with Gasteiger partial charge in [-0.1, -0.05) is 18.2 Å². The summed E-state index contributed by atoms with van der Waals surface area (Å²) in [6.45, 7) is 1.50. The van der Waals surface area contributed by atoms with E-state index in [9.17, 15) is 13.2 Å². The standard InChI is InChI=1S/C17H24N2O4S/c1-24(21,22)18-10-9-13-6-4-5-11-19(13)17(20)15-12-23-16-8-3-2-7-14(15)16/h2-3,7-8,13,15,18H,4-6,9-12H2,1H3/t13-,15-/m1/s1. The number of carbonyl (C=O) groups excluding carboxylic acids is 1. The molecule has 1 saturated heterocycles. The number of para-hydroxylation sites is 1. The Balaban J connectivity index is 1.68. The molecule has 2 aliphatic rings. The Bertz CT molecular complexity index is 704. The van der Waals surface area contributed by atoms with Crippen molar-refractivity contribution in [2.45, 2.75) is 37.6 Å². The molecule has 0 aliphatic carbocycles. The predicted molar refractivity (Wildman–Crippen MR) is 91.5 cm³/mol. The predicted octanol–water partition coefficient (Wildman–Crippen LogP) is 1.48. The Kier molecular flexibility index (Phi) is 5.10. The summed E-state index contributed by atoms with van der Waals surface area (Å²) in [6, 6.07) is 7.78. The molecule has 1 N–H and O–H groups in total. The molecule has 1 amide bonds. The average molecular weight is 352 g/mol. The Morgan fingerprint density at radius 1 is 1.33 bits per heavy atom. The zero-order valence-electron chi connectivity index (χ0n) is 13.9. The van der Waals surface area contributed by atoms with Gasteiger partial charge in [0.2, 0.25) is 15.9 Å². The van der Waals surface area contributed by atoms with Crippen LogP contribution in [0, 0.1) is 0 Å². The normalized spacial score (nSPS) is 23.6. The molecule has 0 spiro atoms. The number of hydrogen-bond acceptors (Lipinski definition) is 4. The van der Waals surface area contributed by atoms with E-state index >= 15 is 0 Å². The van der Waals surface area contributed by atoms with E-state index in [1.807, 2.05) is 29.2 Å². The molecular formula is C17H24N2O4S. The first-order valence-corrected chi connectivity index (χ1v) is 10.3. The van der Waals surface area contributed by atoms with Gasteiger partial charge in [0, 0.05) is 24.7 Å². The van der Waals surface area contributed by atoms with Crippen LogP contribution in [0.4, 0.5) is 0 Å². The molecule has 0 saturated carbocycles. The lowest BCUT2D eigenvalue weighted by molar-refractivity contribution is -0.136. The van der Waals surface area contributed by atoms with Crippen LogP contribution < -0.4 is 9.46 Å². The van der Waals surface area contributed by atoms with Crippen molar-refractivity contribution in [2.24, 2.45) is 0 Å². The summed E-state index contributed by atoms with van der Waals surface area (Å²) in [5.74, 6) is 0.650. The van der Waals surface area contributed by atoms with E-state index in [2.05, 4.69) is 4.72 Å². The van der Waals surface area contributed by atoms with E-state index in [0.29, 0.717) is 19.6 Å². The number of nitrogens with zero attached hydrogens (tertiary/aromatic N) is 1. The van der Waals surface area contributed by atoms with Crippen molar-refractivity contribution in [3.63, 3.8) is 0 Å². The molecule has 3 rings (SSSR count). The Morgan fingerprint density at radius 3 is 2.92 bits per heavy atom. The highest BCUT2D eigenvalue weighted by Gasteiger charge is 2.36. The van der Waals surface area contributed by atoms with Crippen LogP contribution in [0.2, 0.25) is 0 Å². The molecule has 2 atom stereocenters. The maximum Gasteiger partial charge on any atom is 0.233 e. The SMILES string of the molecule is CS(=O)(=O)NCC[C@H]1CCCCN1C(=O)[C@@H]1COc2ccccc21. The second kappa shape index (κ2) is 7.11. The smallest absolute Gasteiger partial charge is 0.233 e. The van der Waals surface area contributed by atoms with Gasteiger partial charge in [-0.05, 0) is 31.7 Å². The van der Waals surface area contributed by atoms with Crippen molar-refractivity contribution in [3.05, 3.63) is 29.8 Å². The molecule has 0 bridgehead atoms. The summed E-state index contributed by atoms with van der Waals surface area (Å²) in [5.41, 5.74) is 0.959. The van der Waals surface area contributed by atoms with E-state index in [0.717, 1.165) is 43.4 Å². The van der Waals surface area contributed by atoms with E-state index in [4.69, 9.17) is 4.74 Å². The molecule has 7 heteroatoms. The Morgan fingerprint density at radius 2 is 2.12 bits per heavy atom. The summed E-state index contributed by atoms with van der Waals surface area (Å²) >= 11 is 0. The minimum absolute atomic E-state index is 0.0910. The van der Waals surface area contributed by atoms with Crippen LogP contribution in [0.25, 0.3) is 0 Å². The lowest BCUT2D eigenvalue weighted by Gasteiger charge is -2.37. The first-order valence-electron chi connectivity index (χ1n) is 8.42. The molecule has 132 valence electrons. The molecule has 24 heavy (non-hydrogen) atoms. The van der Waals surface area contributed by atoms with Gasteiger partial charge in [-0.3, -0.25) is 4.79 Å². The molecule has 0 radical (unpaired) electrons. The number of likely N-dealkylation sites (tertiary alicyclic amines) is 1. The van der Waals surface area contributed by atoms with Crippen LogP contribution >= 0.6 is 0 Å². The van der Waals surface area contributed by atoms with Gasteiger partial charge in [-0.25, -0.2) is 13.1 Å². The molecule has 6 nitrogen and oxygen atoms in total. The third-order valence-corrected chi connectivity index (χ3v) is 5.48. The summed E-state index contributed by atoms with van der Waals surface area (Å²) in [7, 11) is -3.19. The lowest BCUT2D eigenvalue weighted by atomic mass is 9.94. The van der Waals surface area contributed by atoms with Gasteiger partial charge in [0.05, 0.1) is 6.26 Å². The molecular weight excluding hydrogens is 328 g/mol. The number of carbonyl (C=O) groups is 1. The summed E-state index contributed by atoms with van der Waals surface area (Å²) in [6.07, 6.45) is 4.80. The number of piperidine rings is 1. The van der Waals surface area contributed by atoms with Gasteiger partial charge in [-0.15, -0.1) is 0 Å². The Hall–Kier alpha value is -1.60. The highest BCUT2D eigenvalue weighted by molar-refractivity contribution is 7.88. The highest BCUT2D eigenvalue weighted by Crippen LogP contribution is 2.36. The number of fused-ring (bicyclic) bond motifs is 1. The van der Waals surface area contributed by atoms with E-state index in [1.165, 1.54) is 0 Å². The van der Waals surface area contributed by atoms with Crippen molar-refractivity contribution in [1.82, 2.24) is 9.62 Å². The van der Waals surface area contributed by atoms with Crippen molar-refractivity contribution < 1.29 is 17.9 Å². The van der Waals surface area contributed by atoms with E-state index in [-0.39, 0.29) is 17.9 Å². The van der Waals surface area contributed by atoms with Crippen molar-refractivity contribution in [1.29, 1.82) is 0 Å². The zero-order chi connectivity index (χ0) is 17.2. The van der Waals surface area contributed by atoms with Crippen molar-refractivity contribution in [2.75, 3.05) is 26.0 Å². The number of hydrogen-bond donors (Lipinski definition) is 1. The monoisotopic (exact) mass is 352 g/mol. The Labute approximate surface area is 143 Å². The second-order valence-corrected chi connectivity index (χ2v) is 8.37. The van der Waals surface area contributed by atoms with Crippen molar-refractivity contribution in [3.8, 4) is 5.75 Å². The average Bonchev–Trinajstić information content (AvgIpc) is 2.97. The molecule has 0 unspecified atom stereocenters. The van der Waals surface area contributed by atoms with Gasteiger partial charge < -0.3 is 9.64 Å². The second-order valence-electron chi connectivity index (χ2n) is 6.54.